The monoisotopic (exact) mass is 475 g/mol. The lowest BCUT2D eigenvalue weighted by Gasteiger charge is -2.24. The van der Waals surface area contributed by atoms with E-state index in [2.05, 4.69) is 43.1 Å². The van der Waals surface area contributed by atoms with Gasteiger partial charge in [0.15, 0.2) is 11.6 Å². The van der Waals surface area contributed by atoms with Crippen molar-refractivity contribution in [3.05, 3.63) is 24.0 Å². The summed E-state index contributed by atoms with van der Waals surface area (Å²) in [4.78, 5) is 13.9. The van der Waals surface area contributed by atoms with Crippen LogP contribution in [0.2, 0.25) is 0 Å². The molecule has 2 saturated heterocycles. The standard InChI is InChI=1S/C23H34FN7OS/c1-3-17(18-8-7-12-25-18)27-22-29-21(26-15-10-11-19(32-2)16(24)14-15)30-23(31-22)28-20-9-5-4-6-13-33-20/h10-11,14,17-18,20,25H,3-9,12-13H2,1-2H3,(H3,26,27,28,29,30,31). The number of hydrogen-bond acceptors (Lipinski definition) is 9. The first kappa shape index (κ1) is 23.8. The van der Waals surface area contributed by atoms with Gasteiger partial charge in [-0.25, -0.2) is 4.39 Å². The first-order chi connectivity index (χ1) is 16.1. The third-order valence-corrected chi connectivity index (χ3v) is 7.38. The maximum atomic E-state index is 14.2. The number of nitrogens with zero attached hydrogens (tertiary/aromatic N) is 3. The number of rotatable bonds is 9. The summed E-state index contributed by atoms with van der Waals surface area (Å²) in [5.74, 6) is 2.30. The highest BCUT2D eigenvalue weighted by molar-refractivity contribution is 8.00. The molecule has 3 heterocycles. The number of aromatic nitrogens is 3. The Kier molecular flexibility index (Phi) is 8.44. The minimum atomic E-state index is -0.443. The molecule has 3 atom stereocenters. The van der Waals surface area contributed by atoms with Gasteiger partial charge in [0.05, 0.1) is 12.5 Å². The second-order valence-electron chi connectivity index (χ2n) is 8.50. The lowest BCUT2D eigenvalue weighted by Crippen LogP contribution is -2.40. The molecule has 3 unspecified atom stereocenters. The molecule has 4 rings (SSSR count). The van der Waals surface area contributed by atoms with Crippen molar-refractivity contribution < 1.29 is 9.13 Å². The summed E-state index contributed by atoms with van der Waals surface area (Å²) >= 11 is 1.91. The van der Waals surface area contributed by atoms with Crippen molar-refractivity contribution in [1.29, 1.82) is 0 Å². The molecule has 10 heteroatoms. The van der Waals surface area contributed by atoms with E-state index in [1.807, 2.05) is 11.8 Å². The summed E-state index contributed by atoms with van der Waals surface area (Å²) in [7, 11) is 1.45. The Bertz CT molecular complexity index is 904. The van der Waals surface area contributed by atoms with Gasteiger partial charge in [-0.15, -0.1) is 11.8 Å². The molecule has 1 aromatic carbocycles. The van der Waals surface area contributed by atoms with Crippen LogP contribution in [0.3, 0.4) is 0 Å². The van der Waals surface area contributed by atoms with E-state index in [1.54, 1.807) is 12.1 Å². The lowest BCUT2D eigenvalue weighted by molar-refractivity contribution is 0.386. The molecule has 4 N–H and O–H groups in total. The Morgan fingerprint density at radius 1 is 1.12 bits per heavy atom. The van der Waals surface area contributed by atoms with Gasteiger partial charge in [0, 0.05) is 23.8 Å². The zero-order chi connectivity index (χ0) is 23.0. The predicted octanol–water partition coefficient (Wildman–Crippen LogP) is 4.75. The highest BCUT2D eigenvalue weighted by Gasteiger charge is 2.24. The molecule has 2 aromatic rings. The van der Waals surface area contributed by atoms with Gasteiger partial charge in [-0.2, -0.15) is 15.0 Å². The van der Waals surface area contributed by atoms with E-state index in [4.69, 9.17) is 4.74 Å². The quantitative estimate of drug-likeness (QED) is 0.410. The van der Waals surface area contributed by atoms with Crippen molar-refractivity contribution in [2.45, 2.75) is 69.3 Å². The van der Waals surface area contributed by atoms with Gasteiger partial charge in [0.2, 0.25) is 17.8 Å². The molecule has 0 bridgehead atoms. The van der Waals surface area contributed by atoms with Gasteiger partial charge < -0.3 is 26.0 Å². The molecular formula is C23H34FN7OS. The predicted molar refractivity (Wildman–Crippen MR) is 133 cm³/mol. The van der Waals surface area contributed by atoms with Crippen molar-refractivity contribution >= 4 is 35.3 Å². The smallest absolute Gasteiger partial charge is 0.233 e. The highest BCUT2D eigenvalue weighted by atomic mass is 32.2. The van der Waals surface area contributed by atoms with Gasteiger partial charge in [0.1, 0.15) is 0 Å². The molecule has 1 aromatic heterocycles. The average Bonchev–Trinajstić information content (AvgIpc) is 3.22. The minimum Gasteiger partial charge on any atom is -0.494 e. The molecule has 2 aliphatic heterocycles. The number of nitrogens with one attached hydrogen (secondary N) is 4. The molecule has 0 saturated carbocycles. The topological polar surface area (TPSA) is 96.0 Å². The number of anilines is 4. The number of hydrogen-bond donors (Lipinski definition) is 4. The molecule has 2 aliphatic rings. The van der Waals surface area contributed by atoms with Crippen LogP contribution in [-0.2, 0) is 0 Å². The molecule has 2 fully saturated rings. The number of benzene rings is 1. The number of halogens is 1. The number of thioether (sulfide) groups is 1. The second kappa shape index (κ2) is 11.7. The van der Waals surface area contributed by atoms with E-state index < -0.39 is 5.82 Å². The summed E-state index contributed by atoms with van der Waals surface area (Å²) in [6, 6.07) is 5.32. The van der Waals surface area contributed by atoms with E-state index in [0.717, 1.165) is 31.6 Å². The van der Waals surface area contributed by atoms with Crippen molar-refractivity contribution in [2.75, 3.05) is 35.4 Å². The average molecular weight is 476 g/mol. The molecule has 0 spiro atoms. The summed E-state index contributed by atoms with van der Waals surface area (Å²) in [6.45, 7) is 3.21. The molecule has 180 valence electrons. The first-order valence-corrected chi connectivity index (χ1v) is 12.9. The van der Waals surface area contributed by atoms with Crippen LogP contribution in [0.15, 0.2) is 18.2 Å². The minimum absolute atomic E-state index is 0.196. The van der Waals surface area contributed by atoms with Crippen LogP contribution in [0, 0.1) is 5.82 Å². The third kappa shape index (κ3) is 6.60. The van der Waals surface area contributed by atoms with Gasteiger partial charge in [-0.05, 0) is 56.5 Å². The summed E-state index contributed by atoms with van der Waals surface area (Å²) in [5, 5.41) is 14.0. The van der Waals surface area contributed by atoms with Crippen LogP contribution in [-0.4, -0.2) is 51.8 Å². The SMILES string of the molecule is CCC(Nc1nc(Nc2ccc(OC)c(F)c2)nc(NC2CCCCCS2)n1)C1CCCN1. The van der Waals surface area contributed by atoms with E-state index in [9.17, 15) is 4.39 Å². The summed E-state index contributed by atoms with van der Waals surface area (Å²) in [5.41, 5.74) is 0.546. The van der Waals surface area contributed by atoms with Crippen LogP contribution < -0.4 is 26.0 Å². The van der Waals surface area contributed by atoms with Crippen LogP contribution in [0.5, 0.6) is 5.75 Å². The van der Waals surface area contributed by atoms with Gasteiger partial charge in [-0.3, -0.25) is 0 Å². The lowest BCUT2D eigenvalue weighted by atomic mass is 10.0. The second-order valence-corrected chi connectivity index (χ2v) is 9.81. The normalized spacial score (nSPS) is 21.8. The van der Waals surface area contributed by atoms with E-state index in [1.165, 1.54) is 38.9 Å². The summed E-state index contributed by atoms with van der Waals surface area (Å²) in [6.07, 6.45) is 8.06. The molecule has 8 nitrogen and oxygen atoms in total. The van der Waals surface area contributed by atoms with Crippen molar-refractivity contribution in [3.63, 3.8) is 0 Å². The van der Waals surface area contributed by atoms with E-state index in [0.29, 0.717) is 29.6 Å². The Balaban J connectivity index is 1.56. The Morgan fingerprint density at radius 3 is 2.73 bits per heavy atom. The third-order valence-electron chi connectivity index (χ3n) is 6.10. The van der Waals surface area contributed by atoms with Gasteiger partial charge in [-0.1, -0.05) is 19.8 Å². The van der Waals surface area contributed by atoms with Crippen molar-refractivity contribution in [3.8, 4) is 5.75 Å². The molecule has 0 radical (unpaired) electrons. The van der Waals surface area contributed by atoms with Crippen LogP contribution >= 0.6 is 11.8 Å². The fourth-order valence-electron chi connectivity index (χ4n) is 4.32. The number of ether oxygens (including phenoxy) is 1. The van der Waals surface area contributed by atoms with Crippen LogP contribution in [0.1, 0.15) is 51.9 Å². The Labute approximate surface area is 199 Å². The van der Waals surface area contributed by atoms with Crippen LogP contribution in [0.25, 0.3) is 0 Å². The van der Waals surface area contributed by atoms with Crippen molar-refractivity contribution in [1.82, 2.24) is 20.3 Å². The van der Waals surface area contributed by atoms with Gasteiger partial charge in [0.25, 0.3) is 0 Å². The van der Waals surface area contributed by atoms with E-state index >= 15 is 0 Å². The highest BCUT2D eigenvalue weighted by Crippen LogP contribution is 2.27. The van der Waals surface area contributed by atoms with Gasteiger partial charge >= 0.3 is 0 Å². The summed E-state index contributed by atoms with van der Waals surface area (Å²) < 4.78 is 19.2. The Morgan fingerprint density at radius 2 is 1.97 bits per heavy atom. The fraction of sp³-hybridized carbons (Fsp3) is 0.609. The first-order valence-electron chi connectivity index (χ1n) is 11.9. The number of methoxy groups -OCH3 is 1. The van der Waals surface area contributed by atoms with Crippen molar-refractivity contribution in [2.24, 2.45) is 0 Å². The van der Waals surface area contributed by atoms with E-state index in [-0.39, 0.29) is 17.2 Å². The zero-order valence-corrected chi connectivity index (χ0v) is 20.2. The largest absolute Gasteiger partial charge is 0.494 e. The maximum absolute atomic E-state index is 14.2. The molecule has 0 amide bonds. The molecule has 33 heavy (non-hydrogen) atoms. The maximum Gasteiger partial charge on any atom is 0.233 e. The molecule has 0 aliphatic carbocycles. The zero-order valence-electron chi connectivity index (χ0n) is 19.4. The fourth-order valence-corrected chi connectivity index (χ4v) is 5.49. The van der Waals surface area contributed by atoms with Crippen LogP contribution in [0.4, 0.5) is 27.9 Å². The Hall–Kier alpha value is -2.33. The molecular weight excluding hydrogens is 441 g/mol.